The summed E-state index contributed by atoms with van der Waals surface area (Å²) in [5.41, 5.74) is -4.80. The molecule has 10 amide bonds. The highest BCUT2D eigenvalue weighted by atomic mass is 16.3. The zero-order valence-electron chi connectivity index (χ0n) is 49.2. The van der Waals surface area contributed by atoms with Crippen molar-refractivity contribution in [3.05, 3.63) is 12.2 Å². The summed E-state index contributed by atoms with van der Waals surface area (Å²) in [7, 11) is 3.78. The SMILES string of the molecule is CC[C@@H](C)/C=C/C(=O)N1C[C@@H](C)C[C@H]1C(=O)N[C@@H](C)C(=O)N[C@H](C(=O)NC(C)(C)C(=O)N[C@@H](CC(C)C)C(=O)N[C@@H](CC(C)C)C(=O)NC(C)(C)C(=O)NC(C)(C)C(=O)NCCC(=O)N[C@@H](C)CN(C)C)[C@H](O)C(C)C. The maximum absolute atomic E-state index is 14.1. The fourth-order valence-electron chi connectivity index (χ4n) is 8.22. The molecule has 1 saturated heterocycles. The summed E-state index contributed by atoms with van der Waals surface area (Å²) in [6, 6.07) is -6.13. The van der Waals surface area contributed by atoms with Crippen molar-refractivity contribution < 1.29 is 53.1 Å². The molecular formula is C54H97N11O11. The molecule has 0 radical (unpaired) electrons. The lowest BCUT2D eigenvalue weighted by molar-refractivity contribution is -0.140. The van der Waals surface area contributed by atoms with Gasteiger partial charge in [0.2, 0.25) is 59.1 Å². The van der Waals surface area contributed by atoms with E-state index in [1.807, 2.05) is 74.4 Å². The summed E-state index contributed by atoms with van der Waals surface area (Å²) in [6.07, 6.45) is 3.30. The number of amides is 10. The first-order valence-corrected chi connectivity index (χ1v) is 26.9. The van der Waals surface area contributed by atoms with Gasteiger partial charge in [0.25, 0.3) is 0 Å². The highest BCUT2D eigenvalue weighted by molar-refractivity contribution is 6.00. The van der Waals surface area contributed by atoms with Crippen LogP contribution in [0.15, 0.2) is 12.2 Å². The third-order valence-corrected chi connectivity index (χ3v) is 13.0. The summed E-state index contributed by atoms with van der Waals surface area (Å²) < 4.78 is 0. The van der Waals surface area contributed by atoms with Crippen LogP contribution >= 0.6 is 0 Å². The Balaban J connectivity index is 3.17. The summed E-state index contributed by atoms with van der Waals surface area (Å²) >= 11 is 0. The van der Waals surface area contributed by atoms with Crippen molar-refractivity contribution >= 4 is 59.1 Å². The number of allylic oxidation sites excluding steroid dienone is 1. The average Bonchev–Trinajstić information content (AvgIpc) is 3.69. The number of likely N-dealkylation sites (N-methyl/N-ethyl adjacent to an activating group) is 1. The molecular weight excluding hydrogens is 979 g/mol. The van der Waals surface area contributed by atoms with Crippen molar-refractivity contribution in [1.29, 1.82) is 0 Å². The van der Waals surface area contributed by atoms with Crippen LogP contribution in [-0.4, -0.2) is 167 Å². The van der Waals surface area contributed by atoms with Crippen molar-refractivity contribution in [2.45, 2.75) is 209 Å². The van der Waals surface area contributed by atoms with E-state index in [2.05, 4.69) is 47.9 Å². The number of likely N-dealkylation sites (tertiary alicyclic amines) is 1. The molecule has 0 aromatic heterocycles. The van der Waals surface area contributed by atoms with E-state index in [9.17, 15) is 53.1 Å². The van der Waals surface area contributed by atoms with E-state index in [4.69, 9.17) is 0 Å². The van der Waals surface area contributed by atoms with E-state index in [-0.39, 0.29) is 67.3 Å². The Morgan fingerprint density at radius 2 is 1.18 bits per heavy atom. The Labute approximate surface area is 452 Å². The second kappa shape index (κ2) is 30.3. The smallest absolute Gasteiger partial charge is 0.246 e. The third kappa shape index (κ3) is 22.9. The van der Waals surface area contributed by atoms with Gasteiger partial charge in [0.1, 0.15) is 46.8 Å². The van der Waals surface area contributed by atoms with E-state index in [1.165, 1.54) is 59.4 Å². The second-order valence-electron chi connectivity index (χ2n) is 23.9. The van der Waals surface area contributed by atoms with Crippen LogP contribution in [0.3, 0.4) is 0 Å². The minimum Gasteiger partial charge on any atom is -0.390 e. The van der Waals surface area contributed by atoms with Crippen LogP contribution in [0.1, 0.15) is 150 Å². The molecule has 10 N–H and O–H groups in total. The molecule has 0 aromatic carbocycles. The number of hydrogen-bond donors (Lipinski definition) is 10. The number of aliphatic hydroxyl groups excluding tert-OH is 1. The van der Waals surface area contributed by atoms with Crippen molar-refractivity contribution in [1.82, 2.24) is 57.7 Å². The van der Waals surface area contributed by atoms with Gasteiger partial charge in [0, 0.05) is 32.1 Å². The molecule has 0 aliphatic carbocycles. The van der Waals surface area contributed by atoms with E-state index < -0.39 is 106 Å². The molecule has 1 rings (SSSR count). The van der Waals surface area contributed by atoms with Crippen LogP contribution in [-0.2, 0) is 47.9 Å². The fraction of sp³-hybridized carbons (Fsp3) is 0.778. The minimum atomic E-state index is -1.75. The molecule has 0 unspecified atom stereocenters. The fourth-order valence-corrected chi connectivity index (χ4v) is 8.22. The van der Waals surface area contributed by atoms with Gasteiger partial charge in [-0.3, -0.25) is 47.9 Å². The van der Waals surface area contributed by atoms with Crippen LogP contribution in [0.25, 0.3) is 0 Å². The van der Waals surface area contributed by atoms with E-state index in [0.29, 0.717) is 19.5 Å². The Kier molecular flexibility index (Phi) is 27.3. The maximum atomic E-state index is 14.1. The molecule has 1 heterocycles. The van der Waals surface area contributed by atoms with E-state index in [1.54, 1.807) is 19.9 Å². The molecule has 0 saturated carbocycles. The maximum Gasteiger partial charge on any atom is 0.246 e. The predicted molar refractivity (Wildman–Crippen MR) is 291 cm³/mol. The molecule has 1 aliphatic heterocycles. The predicted octanol–water partition coefficient (Wildman–Crippen LogP) is 1.15. The molecule has 0 spiro atoms. The van der Waals surface area contributed by atoms with Gasteiger partial charge in [-0.1, -0.05) is 74.8 Å². The lowest BCUT2D eigenvalue weighted by Crippen LogP contribution is -2.66. The average molecular weight is 1080 g/mol. The molecule has 434 valence electrons. The Morgan fingerprint density at radius 3 is 1.71 bits per heavy atom. The normalized spacial score (nSPS) is 18.0. The van der Waals surface area contributed by atoms with Gasteiger partial charge in [0.05, 0.1) is 6.10 Å². The van der Waals surface area contributed by atoms with E-state index in [0.717, 1.165) is 6.42 Å². The minimum absolute atomic E-state index is 0.0203. The summed E-state index contributed by atoms with van der Waals surface area (Å²) in [6.45, 7) is 29.4. The van der Waals surface area contributed by atoms with Crippen LogP contribution in [0.2, 0.25) is 0 Å². The monoisotopic (exact) mass is 1080 g/mol. The Hall–Kier alpha value is -5.64. The molecule has 1 aliphatic rings. The first-order chi connectivity index (χ1) is 34.8. The zero-order chi connectivity index (χ0) is 58.8. The third-order valence-electron chi connectivity index (χ3n) is 13.0. The standard InChI is InChI=1S/C54H97N11O11/c1-20-33(8)21-22-41(67)65-28-34(9)27-39(65)47(72)57-36(11)44(69)60-42(43(68)32(6)7)48(73)62-53(14,15)50(75)59-37(25-30(2)3)45(70)58-38(26-31(4)5)46(71)61-54(16,17)51(76)63-52(12,13)49(74)55-24-23-40(66)56-35(10)29-64(18)19/h21-22,30-39,42-43,68H,20,23-29H2,1-19H3,(H,55,74)(H,56,66)(H,57,72)(H,58,70)(H,59,75)(H,60,69)(H,61,71)(H,62,73)(H,63,76)/b22-21+/t33-,34+,35+,36+,37+,38+,39+,42+,43-/m1/s1. The van der Waals surface area contributed by atoms with E-state index >= 15 is 0 Å². The zero-order valence-corrected chi connectivity index (χ0v) is 49.2. The molecule has 22 heteroatoms. The van der Waals surface area contributed by atoms with Gasteiger partial charge in [-0.15, -0.1) is 0 Å². The molecule has 22 nitrogen and oxygen atoms in total. The van der Waals surface area contributed by atoms with Gasteiger partial charge in [-0.2, -0.15) is 0 Å². The molecule has 76 heavy (non-hydrogen) atoms. The number of nitrogens with one attached hydrogen (secondary N) is 9. The van der Waals surface area contributed by atoms with Gasteiger partial charge in [-0.05, 0) is 124 Å². The van der Waals surface area contributed by atoms with Gasteiger partial charge >= 0.3 is 0 Å². The summed E-state index contributed by atoms with van der Waals surface area (Å²) in [5.74, 6) is -6.97. The highest BCUT2D eigenvalue weighted by Gasteiger charge is 2.42. The van der Waals surface area contributed by atoms with Crippen LogP contribution < -0.4 is 47.9 Å². The van der Waals surface area contributed by atoms with Gasteiger partial charge in [0.15, 0.2) is 0 Å². The highest BCUT2D eigenvalue weighted by Crippen LogP contribution is 2.24. The van der Waals surface area contributed by atoms with Crippen molar-refractivity contribution in [2.24, 2.45) is 29.6 Å². The van der Waals surface area contributed by atoms with Crippen molar-refractivity contribution in [3.63, 3.8) is 0 Å². The van der Waals surface area contributed by atoms with Gasteiger partial charge < -0.3 is 62.8 Å². The molecule has 0 bridgehead atoms. The largest absolute Gasteiger partial charge is 0.390 e. The Morgan fingerprint density at radius 1 is 0.658 bits per heavy atom. The lowest BCUT2D eigenvalue weighted by atomic mass is 9.95. The van der Waals surface area contributed by atoms with Crippen LogP contribution in [0, 0.1) is 29.6 Å². The number of aliphatic hydroxyl groups is 1. The molecule has 0 aromatic rings. The number of carbonyl (C=O) groups is 10. The number of nitrogens with zero attached hydrogens (tertiary/aromatic N) is 2. The van der Waals surface area contributed by atoms with Crippen molar-refractivity contribution in [2.75, 3.05) is 33.7 Å². The Bertz CT molecular complexity index is 2050. The topological polar surface area (TPSA) is 306 Å². The summed E-state index contributed by atoms with van der Waals surface area (Å²) in [5, 5.41) is 35.3. The molecule has 1 fully saturated rings. The number of rotatable bonds is 30. The number of hydrogen-bond acceptors (Lipinski definition) is 12. The number of carbonyl (C=O) groups excluding carboxylic acids is 10. The van der Waals surface area contributed by atoms with Gasteiger partial charge in [-0.25, -0.2) is 0 Å². The lowest BCUT2D eigenvalue weighted by Gasteiger charge is -2.34. The van der Waals surface area contributed by atoms with Crippen molar-refractivity contribution in [3.8, 4) is 0 Å². The molecule has 9 atom stereocenters. The van der Waals surface area contributed by atoms with Crippen LogP contribution in [0.5, 0.6) is 0 Å². The first-order valence-electron chi connectivity index (χ1n) is 26.9. The first kappa shape index (κ1) is 68.4. The summed E-state index contributed by atoms with van der Waals surface area (Å²) in [4.78, 5) is 139. The second-order valence-corrected chi connectivity index (χ2v) is 23.9. The van der Waals surface area contributed by atoms with Crippen LogP contribution in [0.4, 0.5) is 0 Å². The quantitative estimate of drug-likeness (QED) is 0.0454.